The zero-order valence-electron chi connectivity index (χ0n) is 6.79. The first kappa shape index (κ1) is 14.1. The zero-order valence-corrected chi connectivity index (χ0v) is 6.79. The van der Waals surface area contributed by atoms with E-state index in [0.717, 1.165) is 0 Å². The van der Waals surface area contributed by atoms with Gasteiger partial charge in [-0.3, -0.25) is 9.59 Å². The number of rotatable bonds is 3. The third kappa shape index (κ3) is 2.26. The van der Waals surface area contributed by atoms with Gasteiger partial charge in [-0.15, -0.1) is 0 Å². The van der Waals surface area contributed by atoms with Crippen molar-refractivity contribution in [1.82, 2.24) is 0 Å². The molecule has 0 aromatic rings. The fraction of sp³-hybridized carbons (Fsp3) is 0.714. The number of hydrogen-bond donors (Lipinski definition) is 2. The van der Waals surface area contributed by atoms with Gasteiger partial charge in [0.15, 0.2) is 5.41 Å². The molecule has 0 aliphatic rings. The van der Waals surface area contributed by atoms with Crippen LogP contribution >= 0.6 is 0 Å². The van der Waals surface area contributed by atoms with E-state index < -0.39 is 23.3 Å². The molecule has 0 unspecified atom stereocenters. The fourth-order valence-electron chi connectivity index (χ4n) is 0.585. The van der Waals surface area contributed by atoms with E-state index in [1.54, 1.807) is 13.8 Å². The van der Waals surface area contributed by atoms with Gasteiger partial charge < -0.3 is 10.2 Å². The summed E-state index contributed by atoms with van der Waals surface area (Å²) in [5.74, 6) is -3.00. The number of aliphatic carboxylic acids is 2. The first-order chi connectivity index (χ1) is 4.83. The summed E-state index contributed by atoms with van der Waals surface area (Å²) in [6.45, 7) is 4.35. The van der Waals surface area contributed by atoms with Gasteiger partial charge in [-0.1, -0.05) is 13.8 Å². The molecule has 0 bridgehead atoms. The molecule has 0 heterocycles. The van der Waals surface area contributed by atoms with Crippen molar-refractivity contribution in [2.24, 2.45) is 11.3 Å². The average molecular weight is 168 g/mol. The van der Waals surface area contributed by atoms with E-state index in [9.17, 15) is 9.59 Å². The molecule has 2 N–H and O–H groups in total. The van der Waals surface area contributed by atoms with Gasteiger partial charge >= 0.3 is 30.8 Å². The van der Waals surface area contributed by atoms with Crippen LogP contribution < -0.4 is 0 Å². The molecule has 0 radical (unpaired) electrons. The van der Waals surface area contributed by atoms with Crippen LogP contribution in [0.1, 0.15) is 20.8 Å². The molecule has 0 amide bonds. The Morgan fingerprint density at radius 2 is 1.42 bits per heavy atom. The van der Waals surface area contributed by atoms with Gasteiger partial charge in [0.2, 0.25) is 0 Å². The maximum atomic E-state index is 10.5. The molecule has 0 saturated heterocycles. The van der Waals surface area contributed by atoms with Crippen molar-refractivity contribution in [2.45, 2.75) is 20.8 Å². The van der Waals surface area contributed by atoms with Crippen molar-refractivity contribution >= 4 is 30.8 Å². The Kier molecular flexibility index (Phi) is 5.32. The topological polar surface area (TPSA) is 74.6 Å². The van der Waals surface area contributed by atoms with E-state index in [1.165, 1.54) is 6.92 Å². The molecular formula is C7H13LiO4. The average Bonchev–Trinajstić information content (AvgIpc) is 1.84. The minimum atomic E-state index is -1.67. The fourth-order valence-corrected chi connectivity index (χ4v) is 0.585. The van der Waals surface area contributed by atoms with Crippen LogP contribution in [-0.2, 0) is 9.59 Å². The van der Waals surface area contributed by atoms with E-state index in [2.05, 4.69) is 0 Å². The van der Waals surface area contributed by atoms with Crippen LogP contribution in [0.15, 0.2) is 0 Å². The first-order valence-electron chi connectivity index (χ1n) is 3.30. The molecule has 0 aliphatic carbocycles. The standard InChI is InChI=1S/C7H12O4.Li.H/c1-4(2)7(3,5(8)9)6(10)11;;/h4H,1-3H3,(H,8,9)(H,10,11);;. The quantitative estimate of drug-likeness (QED) is 0.465. The van der Waals surface area contributed by atoms with Gasteiger partial charge in [0.1, 0.15) is 0 Å². The molecule has 0 saturated carbocycles. The van der Waals surface area contributed by atoms with Gasteiger partial charge in [-0.25, -0.2) is 0 Å². The monoisotopic (exact) mass is 168 g/mol. The minimum absolute atomic E-state index is 0. The maximum absolute atomic E-state index is 10.5. The summed E-state index contributed by atoms with van der Waals surface area (Å²) in [6, 6.07) is 0. The Bertz CT molecular complexity index is 174. The summed E-state index contributed by atoms with van der Waals surface area (Å²) in [5.41, 5.74) is -1.67. The molecule has 12 heavy (non-hydrogen) atoms. The SMILES string of the molecule is CC(C)C(C)(C(=O)O)C(=O)O.[LiH]. The van der Waals surface area contributed by atoms with Crippen LogP contribution in [0, 0.1) is 11.3 Å². The Balaban J connectivity index is 0. The van der Waals surface area contributed by atoms with Crippen LogP contribution in [0.2, 0.25) is 0 Å². The molecule has 0 atom stereocenters. The second kappa shape index (κ2) is 4.54. The Morgan fingerprint density at radius 1 is 1.17 bits per heavy atom. The Labute approximate surface area is 83.1 Å². The van der Waals surface area contributed by atoms with E-state index in [0.29, 0.717) is 0 Å². The molecule has 66 valence electrons. The van der Waals surface area contributed by atoms with Gasteiger partial charge in [0, 0.05) is 0 Å². The van der Waals surface area contributed by atoms with Crippen LogP contribution in [0.4, 0.5) is 0 Å². The first-order valence-corrected chi connectivity index (χ1v) is 3.30. The predicted octanol–water partition coefficient (Wildman–Crippen LogP) is 0.169. The second-order valence-corrected chi connectivity index (χ2v) is 2.97. The number of carboxylic acids is 2. The Hall–Kier alpha value is -0.463. The number of carbonyl (C=O) groups is 2. The van der Waals surface area contributed by atoms with Crippen molar-refractivity contribution in [3.63, 3.8) is 0 Å². The van der Waals surface area contributed by atoms with E-state index >= 15 is 0 Å². The summed E-state index contributed by atoms with van der Waals surface area (Å²) < 4.78 is 0. The summed E-state index contributed by atoms with van der Waals surface area (Å²) >= 11 is 0. The van der Waals surface area contributed by atoms with E-state index in [1.807, 2.05) is 0 Å². The molecule has 4 nitrogen and oxygen atoms in total. The molecule has 0 spiro atoms. The molecular weight excluding hydrogens is 155 g/mol. The summed E-state index contributed by atoms with van der Waals surface area (Å²) in [6.07, 6.45) is 0. The predicted molar refractivity (Wildman–Crippen MR) is 45.4 cm³/mol. The van der Waals surface area contributed by atoms with Crippen molar-refractivity contribution < 1.29 is 19.8 Å². The van der Waals surface area contributed by atoms with Gasteiger partial charge in [0.05, 0.1) is 0 Å². The Morgan fingerprint density at radius 3 is 1.42 bits per heavy atom. The van der Waals surface area contributed by atoms with Crippen LogP contribution in [-0.4, -0.2) is 41.0 Å². The van der Waals surface area contributed by atoms with Crippen molar-refractivity contribution in [1.29, 1.82) is 0 Å². The molecule has 5 heteroatoms. The normalized spacial score (nSPS) is 10.7. The summed E-state index contributed by atoms with van der Waals surface area (Å²) in [4.78, 5) is 21.0. The van der Waals surface area contributed by atoms with Gasteiger partial charge in [-0.2, -0.15) is 0 Å². The zero-order chi connectivity index (χ0) is 9.23. The summed E-state index contributed by atoms with van der Waals surface area (Å²) in [7, 11) is 0. The molecule has 0 aromatic heterocycles. The third-order valence-corrected chi connectivity index (χ3v) is 2.04. The van der Waals surface area contributed by atoms with Gasteiger partial charge in [-0.05, 0) is 12.8 Å². The van der Waals surface area contributed by atoms with Crippen molar-refractivity contribution in [3.8, 4) is 0 Å². The van der Waals surface area contributed by atoms with Crippen molar-refractivity contribution in [2.75, 3.05) is 0 Å². The van der Waals surface area contributed by atoms with Gasteiger partial charge in [0.25, 0.3) is 0 Å². The van der Waals surface area contributed by atoms with Crippen LogP contribution in [0.3, 0.4) is 0 Å². The van der Waals surface area contributed by atoms with E-state index in [-0.39, 0.29) is 18.9 Å². The number of hydrogen-bond acceptors (Lipinski definition) is 2. The van der Waals surface area contributed by atoms with Crippen LogP contribution in [0.5, 0.6) is 0 Å². The van der Waals surface area contributed by atoms with Crippen LogP contribution in [0.25, 0.3) is 0 Å². The van der Waals surface area contributed by atoms with E-state index in [4.69, 9.17) is 10.2 Å². The molecule has 0 fully saturated rings. The summed E-state index contributed by atoms with van der Waals surface area (Å²) in [5, 5.41) is 17.2. The number of carboxylic acid groups (broad SMARTS) is 2. The molecule has 0 aromatic carbocycles. The van der Waals surface area contributed by atoms with Crippen molar-refractivity contribution in [3.05, 3.63) is 0 Å². The molecule has 0 aliphatic heterocycles. The third-order valence-electron chi connectivity index (χ3n) is 2.04. The second-order valence-electron chi connectivity index (χ2n) is 2.97. The molecule has 0 rings (SSSR count).